The Bertz CT molecular complexity index is 393. The summed E-state index contributed by atoms with van der Waals surface area (Å²) in [6, 6.07) is 6.09. The van der Waals surface area contributed by atoms with E-state index < -0.39 is 0 Å². The Kier molecular flexibility index (Phi) is 7.23. The number of benzene rings is 1. The predicted octanol–water partition coefficient (Wildman–Crippen LogP) is 2.84. The first-order chi connectivity index (χ1) is 9.58. The van der Waals surface area contributed by atoms with E-state index in [2.05, 4.69) is 49.9 Å². The first kappa shape index (κ1) is 16.6. The third kappa shape index (κ3) is 5.29. The number of likely N-dealkylation sites (N-methyl/N-ethyl adjacent to an activating group) is 1. The highest BCUT2D eigenvalue weighted by atomic mass is 16.5. The molecule has 0 aromatic heterocycles. The summed E-state index contributed by atoms with van der Waals surface area (Å²) in [6.07, 6.45) is 2.12. The predicted molar refractivity (Wildman–Crippen MR) is 87.7 cm³/mol. The number of hydrogen-bond donors (Lipinski definition) is 1. The average molecular weight is 279 g/mol. The summed E-state index contributed by atoms with van der Waals surface area (Å²) in [5.74, 6) is 0.801. The Morgan fingerprint density at radius 2 is 1.80 bits per heavy atom. The maximum atomic E-state index is 5.97. The molecule has 2 N–H and O–H groups in total. The Hall–Kier alpha value is -1.42. The lowest BCUT2D eigenvalue weighted by Gasteiger charge is -2.26. The Morgan fingerprint density at radius 3 is 2.40 bits per heavy atom. The summed E-state index contributed by atoms with van der Waals surface area (Å²) in [6.45, 7) is 8.10. The van der Waals surface area contributed by atoms with Crippen molar-refractivity contribution in [1.29, 1.82) is 0 Å². The van der Waals surface area contributed by atoms with Crippen LogP contribution in [0.15, 0.2) is 18.2 Å². The lowest BCUT2D eigenvalue weighted by Crippen LogP contribution is -2.32. The highest BCUT2D eigenvalue weighted by Gasteiger charge is 2.09. The lowest BCUT2D eigenvalue weighted by molar-refractivity contribution is 0.319. The molecule has 0 bridgehead atoms. The second-order valence-corrected chi connectivity index (χ2v) is 5.36. The minimum atomic E-state index is 0.707. The Labute approximate surface area is 123 Å². The monoisotopic (exact) mass is 279 g/mol. The quantitative estimate of drug-likeness (QED) is 0.706. The molecule has 114 valence electrons. The molecule has 1 aromatic rings. The minimum absolute atomic E-state index is 0.707. The van der Waals surface area contributed by atoms with Crippen LogP contribution in [0.4, 0.5) is 11.4 Å². The molecule has 0 aliphatic heterocycles. The molecule has 0 aliphatic rings. The van der Waals surface area contributed by atoms with E-state index in [1.807, 2.05) is 6.07 Å². The van der Waals surface area contributed by atoms with Crippen LogP contribution in [0.1, 0.15) is 26.7 Å². The topological polar surface area (TPSA) is 41.7 Å². The molecule has 0 saturated carbocycles. The van der Waals surface area contributed by atoms with E-state index in [-0.39, 0.29) is 0 Å². The molecule has 0 aliphatic carbocycles. The van der Waals surface area contributed by atoms with Gasteiger partial charge in [-0.3, -0.25) is 0 Å². The number of nitrogen functional groups attached to an aromatic ring is 1. The van der Waals surface area contributed by atoms with Gasteiger partial charge in [0.15, 0.2) is 0 Å². The summed E-state index contributed by atoms with van der Waals surface area (Å²) in [7, 11) is 4.20. The average Bonchev–Trinajstić information content (AvgIpc) is 2.42. The molecule has 0 radical (unpaired) electrons. The van der Waals surface area contributed by atoms with Crippen LogP contribution in [0.5, 0.6) is 5.75 Å². The lowest BCUT2D eigenvalue weighted by atomic mass is 10.2. The van der Waals surface area contributed by atoms with Crippen molar-refractivity contribution in [3.05, 3.63) is 18.2 Å². The standard InChI is InChI=1S/C16H29N3O/c1-5-9-19(11-10-18(3)4)14-7-8-15(17)16(13-14)20-12-6-2/h7-8,13H,5-6,9-12,17H2,1-4H3. The van der Waals surface area contributed by atoms with Gasteiger partial charge < -0.3 is 20.3 Å². The summed E-state index contributed by atoms with van der Waals surface area (Å²) < 4.78 is 5.72. The van der Waals surface area contributed by atoms with Crippen LogP contribution in [-0.4, -0.2) is 45.2 Å². The summed E-state index contributed by atoms with van der Waals surface area (Å²) in [4.78, 5) is 4.59. The van der Waals surface area contributed by atoms with Crippen molar-refractivity contribution < 1.29 is 4.74 Å². The zero-order valence-corrected chi connectivity index (χ0v) is 13.4. The van der Waals surface area contributed by atoms with Gasteiger partial charge in [0.25, 0.3) is 0 Å². The van der Waals surface area contributed by atoms with Crippen molar-refractivity contribution in [2.45, 2.75) is 26.7 Å². The van der Waals surface area contributed by atoms with Crippen molar-refractivity contribution in [3.63, 3.8) is 0 Å². The molecule has 0 amide bonds. The smallest absolute Gasteiger partial charge is 0.144 e. The van der Waals surface area contributed by atoms with Crippen molar-refractivity contribution in [1.82, 2.24) is 4.90 Å². The number of ether oxygens (including phenoxy) is 1. The van der Waals surface area contributed by atoms with Crippen molar-refractivity contribution >= 4 is 11.4 Å². The number of rotatable bonds is 9. The van der Waals surface area contributed by atoms with Gasteiger partial charge in [-0.2, -0.15) is 0 Å². The fourth-order valence-corrected chi connectivity index (χ4v) is 2.02. The molecule has 0 saturated heterocycles. The molecule has 0 atom stereocenters. The maximum Gasteiger partial charge on any atom is 0.144 e. The van der Waals surface area contributed by atoms with Crippen LogP contribution in [0, 0.1) is 0 Å². The van der Waals surface area contributed by atoms with E-state index in [9.17, 15) is 0 Å². The Morgan fingerprint density at radius 1 is 1.05 bits per heavy atom. The van der Waals surface area contributed by atoms with E-state index in [4.69, 9.17) is 10.5 Å². The maximum absolute atomic E-state index is 5.97. The molecular formula is C16H29N3O. The molecule has 1 rings (SSSR count). The molecule has 0 fully saturated rings. The van der Waals surface area contributed by atoms with E-state index in [1.54, 1.807) is 0 Å². The highest BCUT2D eigenvalue weighted by molar-refractivity contribution is 5.62. The third-order valence-electron chi connectivity index (χ3n) is 3.13. The van der Waals surface area contributed by atoms with Gasteiger partial charge in [-0.1, -0.05) is 13.8 Å². The van der Waals surface area contributed by atoms with Gasteiger partial charge in [0.1, 0.15) is 5.75 Å². The SMILES string of the molecule is CCCOc1cc(N(CCC)CCN(C)C)ccc1N. The fourth-order valence-electron chi connectivity index (χ4n) is 2.02. The van der Waals surface area contributed by atoms with E-state index in [1.165, 1.54) is 5.69 Å². The van der Waals surface area contributed by atoms with Crippen LogP contribution in [0.25, 0.3) is 0 Å². The van der Waals surface area contributed by atoms with Gasteiger partial charge in [-0.25, -0.2) is 0 Å². The molecule has 20 heavy (non-hydrogen) atoms. The largest absolute Gasteiger partial charge is 0.491 e. The van der Waals surface area contributed by atoms with Crippen LogP contribution >= 0.6 is 0 Å². The normalized spacial score (nSPS) is 10.8. The van der Waals surface area contributed by atoms with Gasteiger partial charge in [0.05, 0.1) is 12.3 Å². The molecular weight excluding hydrogens is 250 g/mol. The Balaban J connectivity index is 2.83. The van der Waals surface area contributed by atoms with E-state index in [0.717, 1.165) is 38.2 Å². The van der Waals surface area contributed by atoms with Crippen LogP contribution in [-0.2, 0) is 0 Å². The number of anilines is 2. The van der Waals surface area contributed by atoms with Crippen LogP contribution in [0.2, 0.25) is 0 Å². The minimum Gasteiger partial charge on any atom is -0.491 e. The van der Waals surface area contributed by atoms with Crippen molar-refractivity contribution in [2.75, 3.05) is 51.0 Å². The van der Waals surface area contributed by atoms with Gasteiger partial charge >= 0.3 is 0 Å². The fraction of sp³-hybridized carbons (Fsp3) is 0.625. The zero-order chi connectivity index (χ0) is 15.0. The molecule has 4 nitrogen and oxygen atoms in total. The van der Waals surface area contributed by atoms with Gasteiger partial charge in [-0.15, -0.1) is 0 Å². The molecule has 0 heterocycles. The van der Waals surface area contributed by atoms with Crippen molar-refractivity contribution in [3.8, 4) is 5.75 Å². The summed E-state index contributed by atoms with van der Waals surface area (Å²) >= 11 is 0. The van der Waals surface area contributed by atoms with Gasteiger partial charge in [0, 0.05) is 31.4 Å². The first-order valence-electron chi connectivity index (χ1n) is 7.50. The van der Waals surface area contributed by atoms with Crippen molar-refractivity contribution in [2.24, 2.45) is 0 Å². The van der Waals surface area contributed by atoms with Crippen LogP contribution < -0.4 is 15.4 Å². The molecule has 4 heteroatoms. The summed E-state index contributed by atoms with van der Waals surface area (Å²) in [5, 5.41) is 0. The first-order valence-corrected chi connectivity index (χ1v) is 7.50. The third-order valence-corrected chi connectivity index (χ3v) is 3.13. The number of nitrogens with zero attached hydrogens (tertiary/aromatic N) is 2. The van der Waals surface area contributed by atoms with E-state index in [0.29, 0.717) is 12.3 Å². The second-order valence-electron chi connectivity index (χ2n) is 5.36. The molecule has 0 unspecified atom stereocenters. The molecule has 1 aromatic carbocycles. The van der Waals surface area contributed by atoms with E-state index >= 15 is 0 Å². The zero-order valence-electron chi connectivity index (χ0n) is 13.4. The number of hydrogen-bond acceptors (Lipinski definition) is 4. The highest BCUT2D eigenvalue weighted by Crippen LogP contribution is 2.28. The summed E-state index contributed by atoms with van der Waals surface area (Å²) in [5.41, 5.74) is 7.88. The second kappa shape index (κ2) is 8.69. The van der Waals surface area contributed by atoms with Gasteiger partial charge in [0.2, 0.25) is 0 Å². The van der Waals surface area contributed by atoms with Crippen LogP contribution in [0.3, 0.4) is 0 Å². The van der Waals surface area contributed by atoms with Gasteiger partial charge in [-0.05, 0) is 39.1 Å². The number of nitrogens with two attached hydrogens (primary N) is 1. The molecule has 0 spiro atoms.